The fourth-order valence-electron chi connectivity index (χ4n) is 2.74. The molecule has 0 aromatic heterocycles. The maximum absolute atomic E-state index is 11.9. The van der Waals surface area contributed by atoms with E-state index in [2.05, 4.69) is 5.32 Å². The van der Waals surface area contributed by atoms with Crippen LogP contribution >= 0.6 is 0 Å². The van der Waals surface area contributed by atoms with Gasteiger partial charge in [0, 0.05) is 6.04 Å². The molecule has 0 radical (unpaired) electrons. The third-order valence-electron chi connectivity index (χ3n) is 3.27. The molecule has 3 atom stereocenters. The van der Waals surface area contributed by atoms with Gasteiger partial charge >= 0.3 is 0 Å². The summed E-state index contributed by atoms with van der Waals surface area (Å²) < 4.78 is 23.7. The Kier molecular flexibility index (Phi) is 2.31. The van der Waals surface area contributed by atoms with Gasteiger partial charge in [-0.25, -0.2) is 8.78 Å². The highest BCUT2D eigenvalue weighted by molar-refractivity contribution is 4.93. The summed E-state index contributed by atoms with van der Waals surface area (Å²) in [5, 5.41) is 2.96. The molecule has 2 fully saturated rings. The first-order valence-corrected chi connectivity index (χ1v) is 4.77. The fourth-order valence-corrected chi connectivity index (χ4v) is 2.74. The first-order valence-electron chi connectivity index (χ1n) is 4.77. The Bertz CT molecular complexity index is 161. The van der Waals surface area contributed by atoms with E-state index in [0.717, 1.165) is 12.3 Å². The lowest BCUT2D eigenvalue weighted by Crippen LogP contribution is -2.36. The monoisotopic (exact) mass is 175 g/mol. The summed E-state index contributed by atoms with van der Waals surface area (Å²) in [7, 11) is 0. The van der Waals surface area contributed by atoms with E-state index in [9.17, 15) is 8.78 Å². The predicted molar refractivity (Wildman–Crippen MR) is 43.2 cm³/mol. The Morgan fingerprint density at radius 1 is 1.25 bits per heavy atom. The second-order valence-electron chi connectivity index (χ2n) is 4.08. The zero-order valence-electron chi connectivity index (χ0n) is 7.10. The molecule has 0 heterocycles. The Labute approximate surface area is 71.5 Å². The Balaban J connectivity index is 1.76. The van der Waals surface area contributed by atoms with Crippen LogP contribution in [0.1, 0.15) is 25.7 Å². The van der Waals surface area contributed by atoms with Crippen LogP contribution in [0.2, 0.25) is 0 Å². The molecular formula is C9H15F2N. The highest BCUT2D eigenvalue weighted by Gasteiger charge is 2.39. The molecule has 1 nitrogen and oxygen atoms in total. The van der Waals surface area contributed by atoms with E-state index in [1.54, 1.807) is 0 Å². The van der Waals surface area contributed by atoms with Crippen LogP contribution in [0, 0.1) is 11.8 Å². The van der Waals surface area contributed by atoms with Crippen LogP contribution in [0.5, 0.6) is 0 Å². The number of hydrogen-bond donors (Lipinski definition) is 1. The minimum atomic E-state index is -2.19. The summed E-state index contributed by atoms with van der Waals surface area (Å²) in [6.45, 7) is -0.117. The van der Waals surface area contributed by atoms with E-state index in [1.807, 2.05) is 0 Å². The highest BCUT2D eigenvalue weighted by Crippen LogP contribution is 2.44. The van der Waals surface area contributed by atoms with Gasteiger partial charge in [0.15, 0.2) is 0 Å². The van der Waals surface area contributed by atoms with Crippen molar-refractivity contribution in [3.05, 3.63) is 0 Å². The van der Waals surface area contributed by atoms with E-state index >= 15 is 0 Å². The molecule has 3 unspecified atom stereocenters. The number of hydrogen-bond acceptors (Lipinski definition) is 1. The molecule has 0 saturated heterocycles. The third kappa shape index (κ3) is 1.60. The normalized spacial score (nSPS) is 39.8. The number of alkyl halides is 2. The second kappa shape index (κ2) is 3.29. The highest BCUT2D eigenvalue weighted by atomic mass is 19.3. The Hall–Kier alpha value is -0.180. The van der Waals surface area contributed by atoms with Crippen LogP contribution < -0.4 is 5.32 Å². The van der Waals surface area contributed by atoms with Crippen molar-refractivity contribution in [2.24, 2.45) is 11.8 Å². The molecular weight excluding hydrogens is 160 g/mol. The summed E-state index contributed by atoms with van der Waals surface area (Å²) >= 11 is 0. The lowest BCUT2D eigenvalue weighted by atomic mass is 9.95. The van der Waals surface area contributed by atoms with E-state index in [4.69, 9.17) is 0 Å². The van der Waals surface area contributed by atoms with E-state index in [-0.39, 0.29) is 6.54 Å². The molecule has 0 spiro atoms. The van der Waals surface area contributed by atoms with Gasteiger partial charge in [0.1, 0.15) is 0 Å². The van der Waals surface area contributed by atoms with Gasteiger partial charge in [-0.2, -0.15) is 0 Å². The van der Waals surface area contributed by atoms with E-state index < -0.39 is 6.43 Å². The van der Waals surface area contributed by atoms with Crippen LogP contribution in [0.25, 0.3) is 0 Å². The molecule has 1 N–H and O–H groups in total. The molecule has 2 saturated carbocycles. The molecule has 2 aliphatic carbocycles. The minimum absolute atomic E-state index is 0.117. The average Bonchev–Trinajstić information content (AvgIpc) is 2.60. The number of rotatable bonds is 3. The maximum Gasteiger partial charge on any atom is 0.250 e. The first kappa shape index (κ1) is 8.42. The van der Waals surface area contributed by atoms with Gasteiger partial charge < -0.3 is 5.32 Å². The second-order valence-corrected chi connectivity index (χ2v) is 4.08. The molecule has 3 heteroatoms. The molecule has 12 heavy (non-hydrogen) atoms. The molecule has 2 bridgehead atoms. The summed E-state index contributed by atoms with van der Waals surface area (Å²) in [5.41, 5.74) is 0. The van der Waals surface area contributed by atoms with Gasteiger partial charge in [0.2, 0.25) is 0 Å². The van der Waals surface area contributed by atoms with Crippen molar-refractivity contribution in [2.75, 3.05) is 6.54 Å². The summed E-state index contributed by atoms with van der Waals surface area (Å²) in [6, 6.07) is 0.401. The number of nitrogens with one attached hydrogen (secondary N) is 1. The Morgan fingerprint density at radius 3 is 2.58 bits per heavy atom. The molecule has 0 aromatic carbocycles. The predicted octanol–water partition coefficient (Wildman–Crippen LogP) is 2.03. The molecule has 0 aromatic rings. The van der Waals surface area contributed by atoms with Gasteiger partial charge in [0.25, 0.3) is 6.43 Å². The van der Waals surface area contributed by atoms with Gasteiger partial charge in [-0.1, -0.05) is 6.42 Å². The topological polar surface area (TPSA) is 12.0 Å². The number of halogens is 2. The van der Waals surface area contributed by atoms with Crippen LogP contribution in [0.4, 0.5) is 8.78 Å². The Morgan fingerprint density at radius 2 is 2.08 bits per heavy atom. The number of fused-ring (bicyclic) bond motifs is 2. The van der Waals surface area contributed by atoms with Crippen molar-refractivity contribution >= 4 is 0 Å². The summed E-state index contributed by atoms with van der Waals surface area (Å²) in [4.78, 5) is 0. The zero-order valence-corrected chi connectivity index (χ0v) is 7.10. The smallest absolute Gasteiger partial charge is 0.250 e. The lowest BCUT2D eigenvalue weighted by Gasteiger charge is -2.22. The van der Waals surface area contributed by atoms with Crippen molar-refractivity contribution in [1.29, 1.82) is 0 Å². The molecule has 2 rings (SSSR count). The zero-order chi connectivity index (χ0) is 8.55. The summed E-state index contributed by atoms with van der Waals surface area (Å²) in [6.07, 6.45) is 2.81. The van der Waals surface area contributed by atoms with E-state index in [0.29, 0.717) is 12.0 Å². The van der Waals surface area contributed by atoms with Gasteiger partial charge in [-0.3, -0.25) is 0 Å². The van der Waals surface area contributed by atoms with Crippen molar-refractivity contribution in [3.63, 3.8) is 0 Å². The minimum Gasteiger partial charge on any atom is -0.308 e. The van der Waals surface area contributed by atoms with E-state index in [1.165, 1.54) is 19.3 Å². The van der Waals surface area contributed by atoms with Crippen molar-refractivity contribution < 1.29 is 8.78 Å². The van der Waals surface area contributed by atoms with Crippen LogP contribution in [0.15, 0.2) is 0 Å². The van der Waals surface area contributed by atoms with Crippen LogP contribution in [0.3, 0.4) is 0 Å². The fraction of sp³-hybridized carbons (Fsp3) is 1.00. The molecule has 70 valence electrons. The van der Waals surface area contributed by atoms with Gasteiger partial charge in [0.05, 0.1) is 6.54 Å². The molecule has 0 aliphatic heterocycles. The van der Waals surface area contributed by atoms with Crippen LogP contribution in [-0.2, 0) is 0 Å². The van der Waals surface area contributed by atoms with Gasteiger partial charge in [-0.05, 0) is 31.1 Å². The first-order chi connectivity index (χ1) is 5.75. The maximum atomic E-state index is 11.9. The summed E-state index contributed by atoms with van der Waals surface area (Å²) in [5.74, 6) is 1.54. The van der Waals surface area contributed by atoms with Crippen molar-refractivity contribution in [1.82, 2.24) is 5.32 Å². The molecule has 0 amide bonds. The molecule has 2 aliphatic rings. The van der Waals surface area contributed by atoms with Gasteiger partial charge in [-0.15, -0.1) is 0 Å². The third-order valence-corrected chi connectivity index (χ3v) is 3.27. The van der Waals surface area contributed by atoms with Crippen molar-refractivity contribution in [3.8, 4) is 0 Å². The average molecular weight is 175 g/mol. The quantitative estimate of drug-likeness (QED) is 0.692. The lowest BCUT2D eigenvalue weighted by molar-refractivity contribution is 0.136. The SMILES string of the molecule is FC(F)CNC1CC2CCC1C2. The van der Waals surface area contributed by atoms with Crippen LogP contribution in [-0.4, -0.2) is 19.0 Å². The standard InChI is InChI=1S/C9H15F2N/c10-9(11)5-12-8-4-6-1-2-7(8)3-6/h6-9,12H,1-5H2. The van der Waals surface area contributed by atoms with Crippen molar-refractivity contribution in [2.45, 2.75) is 38.2 Å². The largest absolute Gasteiger partial charge is 0.308 e.